The number of nitrogens with zero attached hydrogens (tertiary/aromatic N) is 6. The van der Waals surface area contributed by atoms with Gasteiger partial charge in [-0.15, -0.1) is 0 Å². The number of aliphatic imine (C=N–C) groups is 1. The second kappa shape index (κ2) is 16.1. The van der Waals surface area contributed by atoms with Crippen molar-refractivity contribution >= 4 is 35.6 Å². The van der Waals surface area contributed by atoms with Crippen molar-refractivity contribution in [3.05, 3.63) is 71.7 Å². The highest BCUT2D eigenvalue weighted by molar-refractivity contribution is 6.01. The summed E-state index contributed by atoms with van der Waals surface area (Å²) in [5, 5.41) is 9.04. The van der Waals surface area contributed by atoms with Crippen LogP contribution in [-0.4, -0.2) is 114 Å². The molecule has 5 aliphatic heterocycles. The standard InChI is InChI=1S/C40H51N9O4/c50-27-33-23-29-25-42-40(45-38(29)49(33)31-6-1-2-7-31)43-36-11-9-32(26-41-36)48-20-18-47(19-21-48)30-13-16-46(17-14-30)15-4-22-53-34-8-3-5-28(24-34)35-10-12-37(51)44-39(35)52/h3,5,8-9,11,23-27,30-31,35,38H,1-2,4,6-7,10,12-22H2,(H,44,51,52)(H2,41,42,43,45). The van der Waals surface area contributed by atoms with Crippen LogP contribution in [-0.2, 0) is 14.4 Å². The van der Waals surface area contributed by atoms with Gasteiger partial charge in [0.1, 0.15) is 11.6 Å². The number of amides is 2. The summed E-state index contributed by atoms with van der Waals surface area (Å²) >= 11 is 0. The molecule has 1 aromatic carbocycles. The molecule has 13 nitrogen and oxygen atoms in total. The second-order valence-electron chi connectivity index (χ2n) is 15.1. The van der Waals surface area contributed by atoms with E-state index in [1.165, 1.54) is 25.7 Å². The molecular weight excluding hydrogens is 670 g/mol. The first-order valence-corrected chi connectivity index (χ1v) is 19.5. The minimum Gasteiger partial charge on any atom is -0.494 e. The molecule has 0 radical (unpaired) electrons. The molecule has 6 heterocycles. The maximum absolute atomic E-state index is 12.3. The van der Waals surface area contributed by atoms with Gasteiger partial charge in [-0.2, -0.15) is 0 Å². The van der Waals surface area contributed by atoms with E-state index in [1.54, 1.807) is 0 Å². The van der Waals surface area contributed by atoms with Gasteiger partial charge in [0.25, 0.3) is 0 Å². The number of imide groups is 1. The Balaban J connectivity index is 0.741. The number of guanidine groups is 1. The fraction of sp³-hybridized carbons (Fsp3) is 0.525. The molecule has 13 heteroatoms. The average molecular weight is 722 g/mol. The number of aldehydes is 1. The van der Waals surface area contributed by atoms with Gasteiger partial charge in [0.2, 0.25) is 17.8 Å². The number of carbonyl (C=O) groups excluding carboxylic acids is 3. The summed E-state index contributed by atoms with van der Waals surface area (Å²) in [5.41, 5.74) is 3.79. The number of rotatable bonds is 11. The maximum Gasteiger partial charge on any atom is 0.234 e. The third-order valence-electron chi connectivity index (χ3n) is 11.8. The van der Waals surface area contributed by atoms with Crippen LogP contribution in [0.25, 0.3) is 0 Å². The van der Waals surface area contributed by atoms with Crippen molar-refractivity contribution in [1.82, 2.24) is 30.3 Å². The van der Waals surface area contributed by atoms with Gasteiger partial charge < -0.3 is 30.1 Å². The van der Waals surface area contributed by atoms with Crippen molar-refractivity contribution in [2.24, 2.45) is 4.99 Å². The van der Waals surface area contributed by atoms with Crippen LogP contribution in [0.2, 0.25) is 0 Å². The second-order valence-corrected chi connectivity index (χ2v) is 15.1. The number of piperidine rings is 2. The van der Waals surface area contributed by atoms with Crippen LogP contribution in [0.4, 0.5) is 11.5 Å². The Kier molecular flexibility index (Phi) is 10.7. The summed E-state index contributed by atoms with van der Waals surface area (Å²) < 4.78 is 6.06. The van der Waals surface area contributed by atoms with Gasteiger partial charge in [-0.25, -0.2) is 9.98 Å². The number of aromatic nitrogens is 1. The molecule has 280 valence electrons. The van der Waals surface area contributed by atoms with E-state index in [9.17, 15) is 14.4 Å². The van der Waals surface area contributed by atoms with E-state index in [-0.39, 0.29) is 23.9 Å². The Morgan fingerprint density at radius 2 is 1.77 bits per heavy atom. The SMILES string of the molecule is O=CC1=CC2=CNC(Nc3ccc(N4CCN(C5CCN(CCCOc6cccc(C7CCC(=O)NC7=O)c6)CC5)CC4)cn3)=NC2N1C1CCCC1. The molecule has 2 atom stereocenters. The molecular formula is C40H51N9O4. The number of hydrogen-bond donors (Lipinski definition) is 3. The molecule has 1 aliphatic carbocycles. The summed E-state index contributed by atoms with van der Waals surface area (Å²) in [6.07, 6.45) is 15.5. The van der Waals surface area contributed by atoms with Gasteiger partial charge in [-0.1, -0.05) is 25.0 Å². The number of allylic oxidation sites excluding steroid dienone is 1. The Labute approximate surface area is 311 Å². The Morgan fingerprint density at radius 3 is 2.53 bits per heavy atom. The molecule has 2 unspecified atom stereocenters. The third kappa shape index (κ3) is 8.11. The zero-order chi connectivity index (χ0) is 36.1. The number of ether oxygens (including phenoxy) is 1. The number of benzene rings is 1. The van der Waals surface area contributed by atoms with E-state index < -0.39 is 0 Å². The zero-order valence-corrected chi connectivity index (χ0v) is 30.4. The summed E-state index contributed by atoms with van der Waals surface area (Å²) in [4.78, 5) is 55.1. The number of nitrogens with one attached hydrogen (secondary N) is 3. The van der Waals surface area contributed by atoms with Crippen LogP contribution in [0.15, 0.2) is 71.1 Å². The lowest BCUT2D eigenvalue weighted by atomic mass is 9.90. The third-order valence-corrected chi connectivity index (χ3v) is 11.8. The smallest absolute Gasteiger partial charge is 0.234 e. The van der Waals surface area contributed by atoms with Crippen molar-refractivity contribution in [3.8, 4) is 5.75 Å². The van der Waals surface area contributed by atoms with Crippen LogP contribution in [0, 0.1) is 0 Å². The molecule has 1 aromatic heterocycles. The van der Waals surface area contributed by atoms with E-state index in [4.69, 9.17) is 14.7 Å². The number of piperazine rings is 1. The van der Waals surface area contributed by atoms with Crippen LogP contribution >= 0.6 is 0 Å². The van der Waals surface area contributed by atoms with Crippen LogP contribution in [0.1, 0.15) is 69.3 Å². The number of carbonyl (C=O) groups is 3. The fourth-order valence-corrected chi connectivity index (χ4v) is 8.87. The van der Waals surface area contributed by atoms with Gasteiger partial charge in [0.05, 0.1) is 30.1 Å². The largest absolute Gasteiger partial charge is 0.494 e. The van der Waals surface area contributed by atoms with Crippen LogP contribution in [0.3, 0.4) is 0 Å². The normalized spacial score (nSPS) is 24.6. The van der Waals surface area contributed by atoms with Crippen LogP contribution in [0.5, 0.6) is 5.75 Å². The number of anilines is 2. The monoisotopic (exact) mass is 721 g/mol. The number of fused-ring (bicyclic) bond motifs is 1. The highest BCUT2D eigenvalue weighted by Crippen LogP contribution is 2.36. The average Bonchev–Trinajstić information content (AvgIpc) is 3.85. The van der Waals surface area contributed by atoms with Crippen molar-refractivity contribution in [3.63, 3.8) is 0 Å². The van der Waals surface area contributed by atoms with Gasteiger partial charge >= 0.3 is 0 Å². The zero-order valence-electron chi connectivity index (χ0n) is 30.4. The lowest BCUT2D eigenvalue weighted by molar-refractivity contribution is -0.134. The Morgan fingerprint density at radius 1 is 0.943 bits per heavy atom. The predicted octanol–water partition coefficient (Wildman–Crippen LogP) is 3.58. The molecule has 1 saturated carbocycles. The first kappa shape index (κ1) is 35.3. The lowest BCUT2D eigenvalue weighted by Gasteiger charge is -2.43. The molecule has 2 amide bonds. The van der Waals surface area contributed by atoms with E-state index in [0.717, 1.165) is 105 Å². The summed E-state index contributed by atoms with van der Waals surface area (Å²) in [7, 11) is 0. The topological polar surface area (TPSA) is 135 Å². The Hall–Kier alpha value is -4.75. The molecule has 3 N–H and O–H groups in total. The molecule has 53 heavy (non-hydrogen) atoms. The molecule has 2 aromatic rings. The summed E-state index contributed by atoms with van der Waals surface area (Å²) in [6, 6.07) is 12.9. The van der Waals surface area contributed by atoms with E-state index in [2.05, 4.69) is 41.6 Å². The molecule has 3 saturated heterocycles. The van der Waals surface area contributed by atoms with Crippen molar-refractivity contribution in [2.75, 3.05) is 62.6 Å². The lowest BCUT2D eigenvalue weighted by Crippen LogP contribution is -2.53. The fourth-order valence-electron chi connectivity index (χ4n) is 8.87. The van der Waals surface area contributed by atoms with Crippen LogP contribution < -0.4 is 25.6 Å². The first-order chi connectivity index (χ1) is 26.0. The molecule has 4 fully saturated rings. The molecule has 0 spiro atoms. The minimum atomic E-state index is -0.293. The predicted molar refractivity (Wildman–Crippen MR) is 203 cm³/mol. The summed E-state index contributed by atoms with van der Waals surface area (Å²) in [5.74, 6) is 1.45. The maximum atomic E-state index is 12.3. The molecule has 8 rings (SSSR count). The van der Waals surface area contributed by atoms with Crippen molar-refractivity contribution < 1.29 is 19.1 Å². The summed E-state index contributed by atoms with van der Waals surface area (Å²) in [6.45, 7) is 7.97. The van der Waals surface area contributed by atoms with Gasteiger partial charge in [-0.3, -0.25) is 24.6 Å². The number of likely N-dealkylation sites (tertiary alicyclic amines) is 1. The first-order valence-electron chi connectivity index (χ1n) is 19.5. The van der Waals surface area contributed by atoms with Gasteiger partial charge in [-0.05, 0) is 87.5 Å². The highest BCUT2D eigenvalue weighted by atomic mass is 16.5. The number of pyridine rings is 1. The quantitative estimate of drug-likeness (QED) is 0.179. The molecule has 6 aliphatic rings. The van der Waals surface area contributed by atoms with Gasteiger partial charge in [0.15, 0.2) is 12.5 Å². The number of hydrogen-bond acceptors (Lipinski definition) is 12. The Bertz CT molecular complexity index is 1740. The van der Waals surface area contributed by atoms with E-state index in [1.807, 2.05) is 48.8 Å². The van der Waals surface area contributed by atoms with E-state index in [0.29, 0.717) is 37.5 Å². The minimum absolute atomic E-state index is 0.172. The van der Waals surface area contributed by atoms with Crippen molar-refractivity contribution in [1.29, 1.82) is 0 Å². The highest BCUT2D eigenvalue weighted by Gasteiger charge is 2.38. The van der Waals surface area contributed by atoms with Crippen molar-refractivity contribution in [2.45, 2.75) is 82.0 Å². The van der Waals surface area contributed by atoms with E-state index >= 15 is 0 Å². The molecule has 0 bridgehead atoms. The van der Waals surface area contributed by atoms with Gasteiger partial charge in [0, 0.05) is 63.0 Å².